The van der Waals surface area contributed by atoms with Crippen molar-refractivity contribution in [3.8, 4) is 0 Å². The highest BCUT2D eigenvalue weighted by atomic mass is 16.3. The van der Waals surface area contributed by atoms with E-state index in [0.29, 0.717) is 18.1 Å². The first-order chi connectivity index (χ1) is 6.86. The summed E-state index contributed by atoms with van der Waals surface area (Å²) in [6.07, 6.45) is 7.00. The van der Waals surface area contributed by atoms with Crippen LogP contribution in [-0.4, -0.2) is 5.78 Å². The van der Waals surface area contributed by atoms with E-state index >= 15 is 0 Å². The first-order valence-electron chi connectivity index (χ1n) is 5.45. The molecule has 2 aliphatic rings. The summed E-state index contributed by atoms with van der Waals surface area (Å²) in [5, 5.41) is 0. The van der Waals surface area contributed by atoms with Crippen molar-refractivity contribution < 1.29 is 9.21 Å². The summed E-state index contributed by atoms with van der Waals surface area (Å²) in [6.45, 7) is 0. The number of hydrogen-bond donors (Lipinski definition) is 0. The van der Waals surface area contributed by atoms with Crippen molar-refractivity contribution in [2.24, 2.45) is 5.92 Å². The Bertz CT molecular complexity index is 364. The molecule has 0 spiro atoms. The lowest BCUT2D eigenvalue weighted by Gasteiger charge is -2.33. The predicted octanol–water partition coefficient (Wildman–Crippen LogP) is 2.68. The molecule has 1 aromatic heterocycles. The van der Waals surface area contributed by atoms with Crippen molar-refractivity contribution in [1.29, 1.82) is 0 Å². The van der Waals surface area contributed by atoms with E-state index in [1.807, 2.05) is 6.07 Å². The molecule has 0 bridgehead atoms. The molecule has 2 nitrogen and oxygen atoms in total. The van der Waals surface area contributed by atoms with Crippen LogP contribution in [0.4, 0.5) is 0 Å². The molecule has 0 aromatic carbocycles. The number of carbonyl (C=O) groups is 1. The van der Waals surface area contributed by atoms with Crippen molar-refractivity contribution in [3.05, 3.63) is 23.7 Å². The fourth-order valence-electron chi connectivity index (χ4n) is 2.97. The SMILES string of the molecule is O=C1Cc2ccoc2[C@@H]2CCCC[C@@H]12. The lowest BCUT2D eigenvalue weighted by atomic mass is 9.70. The van der Waals surface area contributed by atoms with Crippen molar-refractivity contribution in [3.63, 3.8) is 0 Å². The Kier molecular flexibility index (Phi) is 1.76. The standard InChI is InChI=1S/C12H14O2/c13-11-7-8-5-6-14-12(8)10-4-2-1-3-9(10)11/h5-6,9-10H,1-4,7H2/t9-,10-/m1/s1. The molecule has 0 saturated heterocycles. The van der Waals surface area contributed by atoms with Gasteiger partial charge in [-0.2, -0.15) is 0 Å². The molecule has 74 valence electrons. The first-order valence-corrected chi connectivity index (χ1v) is 5.45. The third-order valence-corrected chi connectivity index (χ3v) is 3.66. The van der Waals surface area contributed by atoms with Crippen molar-refractivity contribution in [1.82, 2.24) is 0 Å². The van der Waals surface area contributed by atoms with Crippen LogP contribution < -0.4 is 0 Å². The molecular weight excluding hydrogens is 176 g/mol. The fourth-order valence-corrected chi connectivity index (χ4v) is 2.97. The van der Waals surface area contributed by atoms with Gasteiger partial charge in [-0.05, 0) is 18.9 Å². The van der Waals surface area contributed by atoms with Crippen LogP contribution in [-0.2, 0) is 11.2 Å². The minimum absolute atomic E-state index is 0.266. The maximum atomic E-state index is 11.8. The predicted molar refractivity (Wildman–Crippen MR) is 52.1 cm³/mol. The quantitative estimate of drug-likeness (QED) is 0.629. The van der Waals surface area contributed by atoms with E-state index < -0.39 is 0 Å². The van der Waals surface area contributed by atoms with E-state index in [0.717, 1.165) is 24.2 Å². The maximum Gasteiger partial charge on any atom is 0.141 e. The fraction of sp³-hybridized carbons (Fsp3) is 0.583. The Morgan fingerprint density at radius 3 is 2.86 bits per heavy atom. The zero-order chi connectivity index (χ0) is 9.54. The monoisotopic (exact) mass is 190 g/mol. The molecule has 0 unspecified atom stereocenters. The van der Waals surface area contributed by atoms with Gasteiger partial charge in [0, 0.05) is 23.8 Å². The van der Waals surface area contributed by atoms with E-state index in [4.69, 9.17) is 4.42 Å². The zero-order valence-corrected chi connectivity index (χ0v) is 8.16. The van der Waals surface area contributed by atoms with Gasteiger partial charge in [-0.15, -0.1) is 0 Å². The average Bonchev–Trinajstić information content (AvgIpc) is 2.66. The lowest BCUT2D eigenvalue weighted by molar-refractivity contribution is -0.124. The van der Waals surface area contributed by atoms with Gasteiger partial charge >= 0.3 is 0 Å². The topological polar surface area (TPSA) is 30.2 Å². The van der Waals surface area contributed by atoms with Crippen LogP contribution in [0.15, 0.2) is 16.7 Å². The van der Waals surface area contributed by atoms with Gasteiger partial charge in [-0.1, -0.05) is 12.8 Å². The van der Waals surface area contributed by atoms with Gasteiger partial charge in [0.15, 0.2) is 0 Å². The van der Waals surface area contributed by atoms with Gasteiger partial charge in [0.25, 0.3) is 0 Å². The normalized spacial score (nSPS) is 31.0. The highest BCUT2D eigenvalue weighted by Gasteiger charge is 2.38. The second-order valence-electron chi connectivity index (χ2n) is 4.45. The third-order valence-electron chi connectivity index (χ3n) is 3.66. The molecule has 14 heavy (non-hydrogen) atoms. The smallest absolute Gasteiger partial charge is 0.141 e. The largest absolute Gasteiger partial charge is 0.469 e. The second kappa shape index (κ2) is 2.97. The van der Waals surface area contributed by atoms with E-state index in [2.05, 4.69) is 0 Å². The van der Waals surface area contributed by atoms with E-state index in [1.165, 1.54) is 12.8 Å². The molecule has 1 saturated carbocycles. The van der Waals surface area contributed by atoms with Gasteiger partial charge in [-0.25, -0.2) is 0 Å². The molecule has 1 aromatic rings. The molecule has 0 radical (unpaired) electrons. The Morgan fingerprint density at radius 2 is 2.00 bits per heavy atom. The molecule has 2 atom stereocenters. The summed E-state index contributed by atoms with van der Waals surface area (Å²) in [6, 6.07) is 1.96. The van der Waals surface area contributed by atoms with Crippen LogP contribution >= 0.6 is 0 Å². The molecule has 2 heteroatoms. The number of rotatable bonds is 0. The van der Waals surface area contributed by atoms with Crippen LogP contribution in [0, 0.1) is 5.92 Å². The zero-order valence-electron chi connectivity index (χ0n) is 8.16. The van der Waals surface area contributed by atoms with Crippen molar-refractivity contribution in [2.75, 3.05) is 0 Å². The maximum absolute atomic E-state index is 11.8. The van der Waals surface area contributed by atoms with E-state index in [-0.39, 0.29) is 5.92 Å². The molecule has 0 amide bonds. The Labute approximate surface area is 83.3 Å². The first kappa shape index (κ1) is 8.27. The minimum Gasteiger partial charge on any atom is -0.469 e. The molecule has 2 aliphatic carbocycles. The summed E-state index contributed by atoms with van der Waals surface area (Å²) >= 11 is 0. The molecular formula is C12H14O2. The number of Topliss-reactive ketones (excluding diaryl/α,β-unsaturated/α-hetero) is 1. The minimum atomic E-state index is 0.266. The number of ketones is 1. The number of fused-ring (bicyclic) bond motifs is 3. The summed E-state index contributed by atoms with van der Waals surface area (Å²) < 4.78 is 5.52. The second-order valence-corrected chi connectivity index (χ2v) is 4.45. The Hall–Kier alpha value is -1.05. The summed E-state index contributed by atoms with van der Waals surface area (Å²) in [7, 11) is 0. The number of furan rings is 1. The molecule has 1 heterocycles. The van der Waals surface area contributed by atoms with E-state index in [9.17, 15) is 4.79 Å². The third kappa shape index (κ3) is 1.06. The van der Waals surface area contributed by atoms with Gasteiger partial charge < -0.3 is 4.42 Å². The van der Waals surface area contributed by atoms with E-state index in [1.54, 1.807) is 6.26 Å². The van der Waals surface area contributed by atoms with Crippen molar-refractivity contribution >= 4 is 5.78 Å². The van der Waals surface area contributed by atoms with Gasteiger partial charge in [-0.3, -0.25) is 4.79 Å². The molecule has 0 N–H and O–H groups in total. The lowest BCUT2D eigenvalue weighted by Crippen LogP contribution is -2.31. The number of hydrogen-bond acceptors (Lipinski definition) is 2. The average molecular weight is 190 g/mol. The molecule has 1 fully saturated rings. The Balaban J connectivity index is 2.04. The van der Waals surface area contributed by atoms with Crippen LogP contribution in [0.5, 0.6) is 0 Å². The van der Waals surface area contributed by atoms with Crippen LogP contribution in [0.25, 0.3) is 0 Å². The summed E-state index contributed by atoms with van der Waals surface area (Å²) in [5.74, 6) is 2.20. The summed E-state index contributed by atoms with van der Waals surface area (Å²) in [4.78, 5) is 11.8. The van der Waals surface area contributed by atoms with Gasteiger partial charge in [0.05, 0.1) is 6.26 Å². The van der Waals surface area contributed by atoms with Crippen LogP contribution in [0.1, 0.15) is 42.9 Å². The van der Waals surface area contributed by atoms with Crippen LogP contribution in [0.2, 0.25) is 0 Å². The number of carbonyl (C=O) groups excluding carboxylic acids is 1. The molecule has 3 rings (SSSR count). The highest BCUT2D eigenvalue weighted by Crippen LogP contribution is 2.43. The highest BCUT2D eigenvalue weighted by molar-refractivity contribution is 5.86. The Morgan fingerprint density at radius 1 is 1.21 bits per heavy atom. The van der Waals surface area contributed by atoms with Crippen LogP contribution in [0.3, 0.4) is 0 Å². The molecule has 0 aliphatic heterocycles. The summed E-state index contributed by atoms with van der Waals surface area (Å²) in [5.41, 5.74) is 1.14. The van der Waals surface area contributed by atoms with Gasteiger partial charge in [0.2, 0.25) is 0 Å². The van der Waals surface area contributed by atoms with Crippen molar-refractivity contribution in [2.45, 2.75) is 38.0 Å². The van der Waals surface area contributed by atoms with Gasteiger partial charge in [0.1, 0.15) is 11.5 Å².